The molecule has 2 N–H and O–H groups in total. The molecule has 1 aromatic heterocycles. The van der Waals surface area contributed by atoms with E-state index in [1.165, 1.54) is 18.3 Å². The Morgan fingerprint density at radius 2 is 1.83 bits per heavy atom. The number of aromatic nitrogens is 1. The number of carbonyl (C=O) groups excluding carboxylic acids is 2. The number of hydrogen-bond acceptors (Lipinski definition) is 5. The molecule has 0 fully saturated rings. The lowest BCUT2D eigenvalue weighted by Crippen LogP contribution is -2.21. The van der Waals surface area contributed by atoms with Crippen LogP contribution in [0.5, 0.6) is 0 Å². The van der Waals surface area contributed by atoms with Crippen LogP contribution in [0, 0.1) is 0 Å². The summed E-state index contributed by atoms with van der Waals surface area (Å²) in [6.07, 6.45) is 1.24. The van der Waals surface area contributed by atoms with Gasteiger partial charge in [0, 0.05) is 37.7 Å². The Kier molecular flexibility index (Phi) is 5.14. The van der Waals surface area contributed by atoms with Gasteiger partial charge in [0.15, 0.2) is 6.61 Å². The highest BCUT2D eigenvalue weighted by Crippen LogP contribution is 2.15. The summed E-state index contributed by atoms with van der Waals surface area (Å²) in [7, 11) is 3.84. The van der Waals surface area contributed by atoms with Crippen molar-refractivity contribution in [3.63, 3.8) is 0 Å². The van der Waals surface area contributed by atoms with Crippen LogP contribution >= 0.6 is 0 Å². The van der Waals surface area contributed by atoms with Gasteiger partial charge in [0.25, 0.3) is 5.91 Å². The van der Waals surface area contributed by atoms with E-state index in [9.17, 15) is 14.4 Å². The smallest absolute Gasteiger partial charge is 0.340 e. The van der Waals surface area contributed by atoms with Gasteiger partial charge in [0.2, 0.25) is 5.56 Å². The number of anilines is 2. The SMILES string of the molecule is CN(C)c1ccc(NC(=O)COC(=O)c2ccc(=O)[nH]c2)cc1. The Morgan fingerprint density at radius 3 is 2.39 bits per heavy atom. The van der Waals surface area contributed by atoms with E-state index in [0.717, 1.165) is 5.69 Å². The number of H-pyrrole nitrogens is 1. The first-order valence-electron chi connectivity index (χ1n) is 6.89. The van der Waals surface area contributed by atoms with Gasteiger partial charge in [-0.3, -0.25) is 9.59 Å². The van der Waals surface area contributed by atoms with E-state index in [1.807, 2.05) is 31.1 Å². The number of nitrogens with one attached hydrogen (secondary N) is 2. The molecule has 23 heavy (non-hydrogen) atoms. The number of esters is 1. The summed E-state index contributed by atoms with van der Waals surface area (Å²) in [5.41, 5.74) is 1.47. The van der Waals surface area contributed by atoms with Gasteiger partial charge in [-0.15, -0.1) is 0 Å². The van der Waals surface area contributed by atoms with Crippen LogP contribution < -0.4 is 15.8 Å². The third-order valence-corrected chi connectivity index (χ3v) is 3.02. The molecule has 120 valence electrons. The van der Waals surface area contributed by atoms with Gasteiger partial charge in [-0.25, -0.2) is 4.79 Å². The zero-order chi connectivity index (χ0) is 16.8. The molecule has 0 saturated carbocycles. The van der Waals surface area contributed by atoms with E-state index in [4.69, 9.17) is 4.74 Å². The van der Waals surface area contributed by atoms with Gasteiger partial charge >= 0.3 is 5.97 Å². The minimum Gasteiger partial charge on any atom is -0.452 e. The maximum absolute atomic E-state index is 11.8. The molecule has 0 bridgehead atoms. The number of rotatable bonds is 5. The summed E-state index contributed by atoms with van der Waals surface area (Å²) in [6.45, 7) is -0.409. The first kappa shape index (κ1) is 16.3. The molecule has 7 heteroatoms. The lowest BCUT2D eigenvalue weighted by molar-refractivity contribution is -0.119. The molecule has 1 heterocycles. The van der Waals surface area contributed by atoms with E-state index in [0.29, 0.717) is 5.69 Å². The molecule has 0 saturated heterocycles. The molecule has 0 aliphatic heterocycles. The fraction of sp³-hybridized carbons (Fsp3) is 0.188. The summed E-state index contributed by atoms with van der Waals surface area (Å²) in [4.78, 5) is 38.7. The highest BCUT2D eigenvalue weighted by Gasteiger charge is 2.10. The summed E-state index contributed by atoms with van der Waals surface area (Å²) >= 11 is 0. The fourth-order valence-corrected chi connectivity index (χ4v) is 1.79. The Hall–Kier alpha value is -3.09. The van der Waals surface area contributed by atoms with Crippen molar-refractivity contribution >= 4 is 23.3 Å². The zero-order valence-corrected chi connectivity index (χ0v) is 12.8. The number of pyridine rings is 1. The van der Waals surface area contributed by atoms with E-state index in [2.05, 4.69) is 10.3 Å². The Labute approximate surface area is 132 Å². The molecule has 2 aromatic rings. The van der Waals surface area contributed by atoms with Crippen LogP contribution in [0.25, 0.3) is 0 Å². The maximum Gasteiger partial charge on any atom is 0.340 e. The largest absolute Gasteiger partial charge is 0.452 e. The van der Waals surface area contributed by atoms with E-state index in [1.54, 1.807) is 12.1 Å². The fourth-order valence-electron chi connectivity index (χ4n) is 1.79. The van der Waals surface area contributed by atoms with Gasteiger partial charge in [-0.2, -0.15) is 0 Å². The van der Waals surface area contributed by atoms with Gasteiger partial charge in [-0.05, 0) is 30.3 Å². The second-order valence-corrected chi connectivity index (χ2v) is 5.01. The van der Waals surface area contributed by atoms with Gasteiger partial charge in [0.1, 0.15) is 0 Å². The average Bonchev–Trinajstić information content (AvgIpc) is 2.54. The number of benzene rings is 1. The van der Waals surface area contributed by atoms with E-state index < -0.39 is 18.5 Å². The summed E-state index contributed by atoms with van der Waals surface area (Å²) in [5, 5.41) is 2.63. The van der Waals surface area contributed by atoms with E-state index >= 15 is 0 Å². The van der Waals surface area contributed by atoms with Crippen molar-refractivity contribution in [2.45, 2.75) is 0 Å². The van der Waals surface area contributed by atoms with Crippen molar-refractivity contribution < 1.29 is 14.3 Å². The molecule has 7 nitrogen and oxygen atoms in total. The average molecular weight is 315 g/mol. The Bertz CT molecular complexity index is 730. The molecule has 0 radical (unpaired) electrons. The first-order chi connectivity index (χ1) is 11.0. The molecule has 0 unspecified atom stereocenters. The molecule has 1 aromatic carbocycles. The standard InChI is InChI=1S/C16H17N3O4/c1-19(2)13-6-4-12(5-7-13)18-15(21)10-23-16(22)11-3-8-14(20)17-9-11/h3-9H,10H2,1-2H3,(H,17,20)(H,18,21). The number of nitrogens with zero attached hydrogens (tertiary/aromatic N) is 1. The summed E-state index contributed by atoms with van der Waals surface area (Å²) in [6, 6.07) is 9.79. The van der Waals surface area contributed by atoms with Gasteiger partial charge < -0.3 is 19.9 Å². The number of aromatic amines is 1. The monoisotopic (exact) mass is 315 g/mol. The second kappa shape index (κ2) is 7.26. The Balaban J connectivity index is 1.86. The molecule has 0 aliphatic rings. The number of ether oxygens (including phenoxy) is 1. The van der Waals surface area contributed by atoms with Crippen LogP contribution in [0.3, 0.4) is 0 Å². The number of hydrogen-bond donors (Lipinski definition) is 2. The molecule has 0 aliphatic carbocycles. The molecule has 1 amide bonds. The van der Waals surface area contributed by atoms with Crippen molar-refractivity contribution in [2.75, 3.05) is 30.9 Å². The van der Waals surface area contributed by atoms with Gasteiger partial charge in [-0.1, -0.05) is 0 Å². The topological polar surface area (TPSA) is 91.5 Å². The van der Waals surface area contributed by atoms with Crippen molar-refractivity contribution in [1.29, 1.82) is 0 Å². The number of carbonyl (C=O) groups is 2. The third-order valence-electron chi connectivity index (χ3n) is 3.02. The van der Waals surface area contributed by atoms with Crippen molar-refractivity contribution in [2.24, 2.45) is 0 Å². The quantitative estimate of drug-likeness (QED) is 0.810. The molecular weight excluding hydrogens is 298 g/mol. The maximum atomic E-state index is 11.8. The minimum atomic E-state index is -0.681. The van der Waals surface area contributed by atoms with Crippen LogP contribution in [0.15, 0.2) is 47.4 Å². The normalized spacial score (nSPS) is 10.0. The van der Waals surface area contributed by atoms with Crippen LogP contribution in [0.1, 0.15) is 10.4 Å². The molecule has 2 rings (SSSR count). The third kappa shape index (κ3) is 4.70. The molecular formula is C16H17N3O4. The summed E-state index contributed by atoms with van der Waals surface area (Å²) in [5.74, 6) is -1.13. The highest BCUT2D eigenvalue weighted by molar-refractivity contribution is 5.95. The zero-order valence-electron chi connectivity index (χ0n) is 12.8. The Morgan fingerprint density at radius 1 is 1.13 bits per heavy atom. The lowest BCUT2D eigenvalue weighted by Gasteiger charge is -2.13. The predicted octanol–water partition coefficient (Wildman–Crippen LogP) is 1.24. The lowest BCUT2D eigenvalue weighted by atomic mass is 10.2. The molecule has 0 atom stereocenters. The number of amides is 1. The van der Waals surface area contributed by atoms with Crippen molar-refractivity contribution in [1.82, 2.24) is 4.98 Å². The van der Waals surface area contributed by atoms with Crippen LogP contribution in [0.4, 0.5) is 11.4 Å². The highest BCUT2D eigenvalue weighted by atomic mass is 16.5. The van der Waals surface area contributed by atoms with Crippen LogP contribution in [0.2, 0.25) is 0 Å². The molecule has 0 spiro atoms. The van der Waals surface area contributed by atoms with Crippen LogP contribution in [-0.4, -0.2) is 37.6 Å². The van der Waals surface area contributed by atoms with Crippen LogP contribution in [-0.2, 0) is 9.53 Å². The first-order valence-corrected chi connectivity index (χ1v) is 6.89. The van der Waals surface area contributed by atoms with Gasteiger partial charge in [0.05, 0.1) is 5.56 Å². The minimum absolute atomic E-state index is 0.174. The second-order valence-electron chi connectivity index (χ2n) is 5.01. The summed E-state index contributed by atoms with van der Waals surface area (Å²) < 4.78 is 4.88. The van der Waals surface area contributed by atoms with Crippen molar-refractivity contribution in [3.8, 4) is 0 Å². The van der Waals surface area contributed by atoms with Crippen molar-refractivity contribution in [3.05, 3.63) is 58.5 Å². The predicted molar refractivity (Wildman–Crippen MR) is 86.7 cm³/mol. The van der Waals surface area contributed by atoms with E-state index in [-0.39, 0.29) is 11.1 Å².